The monoisotopic (exact) mass is 267 g/mol. The van der Waals surface area contributed by atoms with Crippen molar-refractivity contribution >= 4 is 0 Å². The summed E-state index contributed by atoms with van der Waals surface area (Å²) < 4.78 is 0. The molecule has 0 heterocycles. The summed E-state index contributed by atoms with van der Waals surface area (Å²) in [7, 11) is 2.03. The van der Waals surface area contributed by atoms with Crippen molar-refractivity contribution in [1.29, 1.82) is 0 Å². The van der Waals surface area contributed by atoms with Gasteiger partial charge in [-0.25, -0.2) is 0 Å². The fourth-order valence-electron chi connectivity index (χ4n) is 2.67. The van der Waals surface area contributed by atoms with E-state index in [1.54, 1.807) is 0 Å². The van der Waals surface area contributed by atoms with Gasteiger partial charge in [0, 0.05) is 12.5 Å². The molecule has 0 radical (unpaired) electrons. The highest BCUT2D eigenvalue weighted by molar-refractivity contribution is 5.29. The van der Waals surface area contributed by atoms with Crippen molar-refractivity contribution in [2.24, 2.45) is 0 Å². The third-order valence-corrected chi connectivity index (χ3v) is 3.88. The lowest BCUT2D eigenvalue weighted by Crippen LogP contribution is -2.19. The molecule has 2 aromatic rings. The molecule has 0 fully saturated rings. The Morgan fingerprint density at radius 2 is 1.70 bits per heavy atom. The van der Waals surface area contributed by atoms with Crippen molar-refractivity contribution in [3.8, 4) is 0 Å². The van der Waals surface area contributed by atoms with Crippen LogP contribution in [-0.2, 0) is 12.8 Å². The molecule has 1 unspecified atom stereocenters. The van der Waals surface area contributed by atoms with E-state index < -0.39 is 0 Å². The largest absolute Gasteiger partial charge is 0.319 e. The summed E-state index contributed by atoms with van der Waals surface area (Å²) in [6.45, 7) is 5.38. The van der Waals surface area contributed by atoms with E-state index in [1.165, 1.54) is 22.3 Å². The Balaban J connectivity index is 2.16. The second kappa shape index (κ2) is 7.25. The van der Waals surface area contributed by atoms with E-state index in [9.17, 15) is 0 Å². The molecule has 0 saturated heterocycles. The number of aryl methyl sites for hydroxylation is 2. The van der Waals surface area contributed by atoms with E-state index in [0.717, 1.165) is 19.4 Å². The Kier molecular flexibility index (Phi) is 5.37. The van der Waals surface area contributed by atoms with Crippen LogP contribution in [0.5, 0.6) is 0 Å². The zero-order valence-corrected chi connectivity index (χ0v) is 12.8. The summed E-state index contributed by atoms with van der Waals surface area (Å²) in [5.74, 6) is 0.535. The van der Waals surface area contributed by atoms with Gasteiger partial charge in [-0.05, 0) is 43.5 Å². The van der Waals surface area contributed by atoms with Crippen LogP contribution in [0, 0.1) is 6.92 Å². The van der Waals surface area contributed by atoms with Crippen molar-refractivity contribution in [3.05, 3.63) is 70.8 Å². The van der Waals surface area contributed by atoms with Gasteiger partial charge < -0.3 is 5.32 Å². The standard InChI is InChI=1S/C19H25N/c1-4-16-8-10-17(11-9-16)13-19(14-20-3)18-7-5-6-15(2)12-18/h5-12,19-20H,4,13-14H2,1-3H3. The normalized spacial score (nSPS) is 12.3. The van der Waals surface area contributed by atoms with Crippen LogP contribution in [0.4, 0.5) is 0 Å². The van der Waals surface area contributed by atoms with Crippen LogP contribution >= 0.6 is 0 Å². The summed E-state index contributed by atoms with van der Waals surface area (Å²) in [5.41, 5.74) is 5.60. The van der Waals surface area contributed by atoms with Gasteiger partial charge in [-0.3, -0.25) is 0 Å². The van der Waals surface area contributed by atoms with Crippen LogP contribution in [-0.4, -0.2) is 13.6 Å². The molecule has 0 spiro atoms. The van der Waals surface area contributed by atoms with Crippen LogP contribution in [0.25, 0.3) is 0 Å². The summed E-state index contributed by atoms with van der Waals surface area (Å²) in [6, 6.07) is 17.9. The van der Waals surface area contributed by atoms with Gasteiger partial charge >= 0.3 is 0 Å². The molecule has 106 valence electrons. The molecule has 0 amide bonds. The predicted molar refractivity (Wildman–Crippen MR) is 87.4 cm³/mol. The van der Waals surface area contributed by atoms with Gasteiger partial charge in [0.25, 0.3) is 0 Å². The van der Waals surface area contributed by atoms with Crippen LogP contribution in [0.2, 0.25) is 0 Å². The van der Waals surface area contributed by atoms with Gasteiger partial charge in [0.2, 0.25) is 0 Å². The average molecular weight is 267 g/mol. The summed E-state index contributed by atoms with van der Waals surface area (Å²) >= 11 is 0. The van der Waals surface area contributed by atoms with Gasteiger partial charge in [0.1, 0.15) is 0 Å². The molecule has 0 aliphatic rings. The molecule has 2 rings (SSSR count). The minimum atomic E-state index is 0.535. The van der Waals surface area contributed by atoms with Gasteiger partial charge in [-0.15, -0.1) is 0 Å². The fourth-order valence-corrected chi connectivity index (χ4v) is 2.67. The smallest absolute Gasteiger partial charge is 0.00203 e. The number of rotatable bonds is 6. The molecule has 20 heavy (non-hydrogen) atoms. The quantitative estimate of drug-likeness (QED) is 0.830. The van der Waals surface area contributed by atoms with E-state index in [-0.39, 0.29) is 0 Å². The van der Waals surface area contributed by atoms with E-state index in [4.69, 9.17) is 0 Å². The van der Waals surface area contributed by atoms with E-state index in [1.807, 2.05) is 7.05 Å². The zero-order valence-electron chi connectivity index (χ0n) is 12.8. The Bertz CT molecular complexity index is 528. The number of nitrogens with one attached hydrogen (secondary N) is 1. The molecular formula is C19H25N. The summed E-state index contributed by atoms with van der Waals surface area (Å²) in [4.78, 5) is 0. The topological polar surface area (TPSA) is 12.0 Å². The molecule has 0 bridgehead atoms. The van der Waals surface area contributed by atoms with E-state index in [2.05, 4.69) is 67.7 Å². The molecule has 0 saturated carbocycles. The Labute approximate surface area is 123 Å². The van der Waals surface area contributed by atoms with Crippen molar-refractivity contribution in [1.82, 2.24) is 5.32 Å². The van der Waals surface area contributed by atoms with Crippen molar-refractivity contribution in [2.45, 2.75) is 32.6 Å². The molecule has 0 aromatic heterocycles. The predicted octanol–water partition coefficient (Wildman–Crippen LogP) is 4.10. The maximum absolute atomic E-state index is 3.33. The van der Waals surface area contributed by atoms with Gasteiger partial charge in [0.15, 0.2) is 0 Å². The first-order chi connectivity index (χ1) is 9.72. The van der Waals surface area contributed by atoms with Crippen molar-refractivity contribution < 1.29 is 0 Å². The minimum absolute atomic E-state index is 0.535. The minimum Gasteiger partial charge on any atom is -0.319 e. The van der Waals surface area contributed by atoms with Crippen molar-refractivity contribution in [3.63, 3.8) is 0 Å². The Morgan fingerprint density at radius 3 is 2.30 bits per heavy atom. The lowest BCUT2D eigenvalue weighted by atomic mass is 9.90. The lowest BCUT2D eigenvalue weighted by Gasteiger charge is -2.18. The molecule has 1 atom stereocenters. The summed E-state index contributed by atoms with van der Waals surface area (Å²) in [5, 5.41) is 3.33. The third-order valence-electron chi connectivity index (χ3n) is 3.88. The molecule has 0 aliphatic carbocycles. The van der Waals surface area contributed by atoms with Crippen LogP contribution in [0.15, 0.2) is 48.5 Å². The molecule has 2 aromatic carbocycles. The maximum atomic E-state index is 3.33. The van der Waals surface area contributed by atoms with Crippen molar-refractivity contribution in [2.75, 3.05) is 13.6 Å². The van der Waals surface area contributed by atoms with Crippen LogP contribution < -0.4 is 5.32 Å². The van der Waals surface area contributed by atoms with Gasteiger partial charge in [-0.1, -0.05) is 61.0 Å². The molecule has 0 aliphatic heterocycles. The van der Waals surface area contributed by atoms with Gasteiger partial charge in [0.05, 0.1) is 0 Å². The van der Waals surface area contributed by atoms with E-state index in [0.29, 0.717) is 5.92 Å². The van der Waals surface area contributed by atoms with E-state index >= 15 is 0 Å². The first kappa shape index (κ1) is 14.8. The number of hydrogen-bond acceptors (Lipinski definition) is 1. The maximum Gasteiger partial charge on any atom is 0.00203 e. The first-order valence-corrected chi connectivity index (χ1v) is 7.52. The van der Waals surface area contributed by atoms with Gasteiger partial charge in [-0.2, -0.15) is 0 Å². The fraction of sp³-hybridized carbons (Fsp3) is 0.368. The second-order valence-corrected chi connectivity index (χ2v) is 5.54. The highest BCUT2D eigenvalue weighted by Gasteiger charge is 2.11. The Morgan fingerprint density at radius 1 is 1.00 bits per heavy atom. The number of likely N-dealkylation sites (N-methyl/N-ethyl adjacent to an activating group) is 1. The lowest BCUT2D eigenvalue weighted by molar-refractivity contribution is 0.625. The number of hydrogen-bond donors (Lipinski definition) is 1. The second-order valence-electron chi connectivity index (χ2n) is 5.54. The Hall–Kier alpha value is -1.60. The molecular weight excluding hydrogens is 242 g/mol. The van der Waals surface area contributed by atoms with Crippen LogP contribution in [0.3, 0.4) is 0 Å². The summed E-state index contributed by atoms with van der Waals surface area (Å²) in [6.07, 6.45) is 2.20. The molecule has 1 heteroatoms. The number of benzene rings is 2. The third kappa shape index (κ3) is 3.94. The zero-order chi connectivity index (χ0) is 14.4. The average Bonchev–Trinajstić information content (AvgIpc) is 2.47. The van der Waals surface area contributed by atoms with Crippen LogP contribution in [0.1, 0.15) is 35.1 Å². The molecule has 1 nitrogen and oxygen atoms in total. The molecule has 1 N–H and O–H groups in total. The highest BCUT2D eigenvalue weighted by Crippen LogP contribution is 2.21. The highest BCUT2D eigenvalue weighted by atomic mass is 14.8. The first-order valence-electron chi connectivity index (χ1n) is 7.52. The SMILES string of the molecule is CCc1ccc(CC(CNC)c2cccc(C)c2)cc1.